The second-order valence-corrected chi connectivity index (χ2v) is 6.35. The molecule has 0 spiro atoms. The summed E-state index contributed by atoms with van der Waals surface area (Å²) in [5, 5.41) is 0. The van der Waals surface area contributed by atoms with Gasteiger partial charge in [0.05, 0.1) is 0 Å². The van der Waals surface area contributed by atoms with Gasteiger partial charge in [0.1, 0.15) is 0 Å². The van der Waals surface area contributed by atoms with Crippen molar-refractivity contribution in [2.45, 2.75) is 59.3 Å². The van der Waals surface area contributed by atoms with Gasteiger partial charge in [0.25, 0.3) is 0 Å². The van der Waals surface area contributed by atoms with Crippen LogP contribution in [0.1, 0.15) is 59.3 Å². The molecule has 0 radical (unpaired) electrons. The molecule has 4 heteroatoms. The molecule has 0 aliphatic heterocycles. The topological polar surface area (TPSA) is 27.7 Å². The molecule has 0 bridgehead atoms. The molecule has 0 heterocycles. The van der Waals surface area contributed by atoms with E-state index >= 15 is 0 Å². The van der Waals surface area contributed by atoms with Gasteiger partial charge < -0.3 is 0 Å². The van der Waals surface area contributed by atoms with E-state index in [1.54, 1.807) is 0 Å². The van der Waals surface area contributed by atoms with Gasteiger partial charge in [0.15, 0.2) is 0 Å². The minimum atomic E-state index is -1.90. The first kappa shape index (κ1) is 16.4. The quantitative estimate of drug-likeness (QED) is 0.408. The molecule has 0 unspecified atom stereocenters. The number of unbranched alkanes of at least 4 members (excludes halogenated alkanes) is 3. The van der Waals surface area contributed by atoms with Crippen LogP contribution in [0.3, 0.4) is 0 Å². The predicted molar refractivity (Wildman–Crippen MR) is 68.3 cm³/mol. The molecule has 0 amide bonds. The summed E-state index contributed by atoms with van der Waals surface area (Å²) in [6.07, 6.45) is 6.77. The molecule has 3 nitrogen and oxygen atoms in total. The van der Waals surface area contributed by atoms with Crippen LogP contribution in [0.25, 0.3) is 0 Å². The van der Waals surface area contributed by atoms with Crippen molar-refractivity contribution in [2.75, 3.05) is 19.8 Å². The van der Waals surface area contributed by atoms with E-state index in [2.05, 4.69) is 20.8 Å². The van der Waals surface area contributed by atoms with Crippen LogP contribution in [0.4, 0.5) is 0 Å². The summed E-state index contributed by atoms with van der Waals surface area (Å²) in [5.41, 5.74) is 0. The molecule has 0 atom stereocenters. The number of hydrogen-bond donors (Lipinski definition) is 0. The molecule has 0 rings (SSSR count). The molecule has 0 N–H and O–H groups in total. The molecule has 0 aliphatic rings. The van der Waals surface area contributed by atoms with Crippen molar-refractivity contribution < 1.29 is 11.2 Å². The van der Waals surface area contributed by atoms with Gasteiger partial charge in [-0.15, -0.1) is 0 Å². The molecule has 98 valence electrons. The fraction of sp³-hybridized carbons (Fsp3) is 1.00. The summed E-state index contributed by atoms with van der Waals surface area (Å²) < 4.78 is 17.0. The van der Waals surface area contributed by atoms with Crippen LogP contribution in [-0.4, -0.2) is 35.5 Å². The van der Waals surface area contributed by atoms with E-state index in [9.17, 15) is 0 Å². The molecule has 0 aromatic heterocycles. The maximum atomic E-state index is 5.68. The van der Waals surface area contributed by atoms with Crippen LogP contribution >= 0.6 is 0 Å². The summed E-state index contributed by atoms with van der Waals surface area (Å²) in [7, 11) is 0. The van der Waals surface area contributed by atoms with Crippen molar-refractivity contribution >= 4 is 15.7 Å². The van der Waals surface area contributed by atoms with Gasteiger partial charge in [-0.05, 0) is 0 Å². The van der Waals surface area contributed by atoms with Gasteiger partial charge in [0.2, 0.25) is 0 Å². The molecular weight excluding hydrogens is 267 g/mol. The molecule has 0 saturated heterocycles. The molecule has 16 heavy (non-hydrogen) atoms. The zero-order chi connectivity index (χ0) is 12.1. The van der Waals surface area contributed by atoms with Crippen molar-refractivity contribution in [3.8, 4) is 0 Å². The standard InChI is InChI=1S/C12H27AsO3/c1-4-7-10-14-13(15-11-8-5-2)16-12-9-6-3/h4-12H2,1-3H3. The number of hydrogen-bond acceptors (Lipinski definition) is 3. The minimum absolute atomic E-state index is 0.786. The van der Waals surface area contributed by atoms with E-state index in [0.29, 0.717) is 0 Å². The predicted octanol–water partition coefficient (Wildman–Crippen LogP) is 3.42. The Hall–Kier alpha value is 0.438. The van der Waals surface area contributed by atoms with E-state index in [4.69, 9.17) is 11.2 Å². The Balaban J connectivity index is 3.58. The average Bonchev–Trinajstić information content (AvgIpc) is 2.29. The van der Waals surface area contributed by atoms with Crippen LogP contribution in [0.5, 0.6) is 0 Å². The van der Waals surface area contributed by atoms with E-state index < -0.39 is 15.7 Å². The molecule has 0 aliphatic carbocycles. The van der Waals surface area contributed by atoms with Crippen molar-refractivity contribution in [3.63, 3.8) is 0 Å². The van der Waals surface area contributed by atoms with Gasteiger partial charge in [-0.3, -0.25) is 0 Å². The van der Waals surface area contributed by atoms with Gasteiger partial charge in [-0.25, -0.2) is 0 Å². The van der Waals surface area contributed by atoms with Crippen LogP contribution < -0.4 is 0 Å². The summed E-state index contributed by atoms with van der Waals surface area (Å²) in [4.78, 5) is 0. The average molecular weight is 294 g/mol. The third-order valence-corrected chi connectivity index (χ3v) is 4.56. The van der Waals surface area contributed by atoms with Crippen molar-refractivity contribution in [1.82, 2.24) is 0 Å². The van der Waals surface area contributed by atoms with Crippen molar-refractivity contribution in [3.05, 3.63) is 0 Å². The Labute approximate surface area is 106 Å². The second-order valence-electron chi connectivity index (χ2n) is 3.78. The summed E-state index contributed by atoms with van der Waals surface area (Å²) >= 11 is -1.90. The Morgan fingerprint density at radius 3 is 1.19 bits per heavy atom. The van der Waals surface area contributed by atoms with Crippen molar-refractivity contribution in [2.24, 2.45) is 0 Å². The van der Waals surface area contributed by atoms with Crippen LogP contribution in [0, 0.1) is 0 Å². The van der Waals surface area contributed by atoms with Gasteiger partial charge in [0, 0.05) is 0 Å². The monoisotopic (exact) mass is 294 g/mol. The van der Waals surface area contributed by atoms with E-state index in [0.717, 1.165) is 58.3 Å². The molecule has 0 fully saturated rings. The SMILES string of the molecule is CCCCO[As](OCCCC)OCCCC. The fourth-order valence-electron chi connectivity index (χ4n) is 0.962. The number of rotatable bonds is 12. The Kier molecular flexibility index (Phi) is 13.9. The van der Waals surface area contributed by atoms with Gasteiger partial charge >= 0.3 is 106 Å². The Bertz CT molecular complexity index is 110. The third-order valence-electron chi connectivity index (χ3n) is 2.08. The molecular formula is C12H27AsO3. The van der Waals surface area contributed by atoms with Gasteiger partial charge in [-0.1, -0.05) is 0 Å². The second kappa shape index (κ2) is 13.5. The first-order chi connectivity index (χ1) is 7.85. The van der Waals surface area contributed by atoms with Crippen LogP contribution in [-0.2, 0) is 11.2 Å². The normalized spacial score (nSPS) is 11.2. The molecule has 0 saturated carbocycles. The third kappa shape index (κ3) is 10.9. The first-order valence-corrected chi connectivity index (χ1v) is 8.83. The van der Waals surface area contributed by atoms with Crippen molar-refractivity contribution in [1.29, 1.82) is 0 Å². The molecule has 0 aromatic rings. The summed E-state index contributed by atoms with van der Waals surface area (Å²) in [5.74, 6) is 0. The zero-order valence-corrected chi connectivity index (χ0v) is 12.9. The van der Waals surface area contributed by atoms with Gasteiger partial charge in [-0.2, -0.15) is 0 Å². The maximum absolute atomic E-state index is 5.68. The first-order valence-electron chi connectivity index (χ1n) is 6.54. The van der Waals surface area contributed by atoms with E-state index in [1.165, 1.54) is 0 Å². The van der Waals surface area contributed by atoms with Crippen LogP contribution in [0.2, 0.25) is 0 Å². The molecule has 0 aromatic carbocycles. The Morgan fingerprint density at radius 1 is 0.625 bits per heavy atom. The van der Waals surface area contributed by atoms with E-state index in [1.807, 2.05) is 0 Å². The summed E-state index contributed by atoms with van der Waals surface area (Å²) in [6, 6.07) is 0. The fourth-order valence-corrected chi connectivity index (χ4v) is 3.18. The zero-order valence-electron chi connectivity index (χ0n) is 11.0. The van der Waals surface area contributed by atoms with E-state index in [-0.39, 0.29) is 0 Å². The Morgan fingerprint density at radius 2 is 0.938 bits per heavy atom. The summed E-state index contributed by atoms with van der Waals surface area (Å²) in [6.45, 7) is 8.85. The van der Waals surface area contributed by atoms with Crippen LogP contribution in [0.15, 0.2) is 0 Å².